The van der Waals surface area contributed by atoms with Crippen molar-refractivity contribution < 1.29 is 9.50 Å². The molecule has 2 heterocycles. The molecule has 162 valence electrons. The minimum Gasteiger partial charge on any atom is -0.507 e. The standard InChI is InChI=1S/C27H19FN2O2S/c28-19-12-9-17(10-13-19)25-21-14-11-16-5-1-3-7-20(16)24(21)29-27-30(25)26(32)23(33-27)15-18-6-2-4-8-22(18)31/h1-10,12-13,15,25,31H,11,14H2. The van der Waals surface area contributed by atoms with Gasteiger partial charge >= 0.3 is 0 Å². The summed E-state index contributed by atoms with van der Waals surface area (Å²) >= 11 is 1.31. The highest BCUT2D eigenvalue weighted by Gasteiger charge is 2.32. The average Bonchev–Trinajstić information content (AvgIpc) is 3.14. The van der Waals surface area contributed by atoms with Crippen LogP contribution in [0.15, 0.2) is 88.2 Å². The summed E-state index contributed by atoms with van der Waals surface area (Å²) in [5.41, 5.74) is 5.57. The normalized spacial score (nSPS) is 17.2. The van der Waals surface area contributed by atoms with Crippen LogP contribution in [0.3, 0.4) is 0 Å². The molecule has 1 unspecified atom stereocenters. The van der Waals surface area contributed by atoms with Crippen LogP contribution in [0.2, 0.25) is 0 Å². The van der Waals surface area contributed by atoms with Crippen LogP contribution in [0.4, 0.5) is 4.39 Å². The van der Waals surface area contributed by atoms with Gasteiger partial charge in [-0.25, -0.2) is 9.38 Å². The Morgan fingerprint density at radius 1 is 1.00 bits per heavy atom. The summed E-state index contributed by atoms with van der Waals surface area (Å²) in [4.78, 5) is 19.2. The Labute approximate surface area is 192 Å². The zero-order valence-corrected chi connectivity index (χ0v) is 18.3. The van der Waals surface area contributed by atoms with Crippen molar-refractivity contribution in [2.24, 2.45) is 4.99 Å². The maximum atomic E-state index is 13.7. The molecule has 1 aliphatic carbocycles. The van der Waals surface area contributed by atoms with Crippen LogP contribution in [0.25, 0.3) is 11.8 Å². The minimum absolute atomic E-state index is 0.117. The van der Waals surface area contributed by atoms with Crippen molar-refractivity contribution in [2.45, 2.75) is 18.9 Å². The number of aromatic hydroxyl groups is 1. The third-order valence-corrected chi connectivity index (χ3v) is 7.26. The van der Waals surface area contributed by atoms with Crippen LogP contribution >= 0.6 is 11.3 Å². The van der Waals surface area contributed by atoms with E-state index in [-0.39, 0.29) is 23.2 Å². The van der Waals surface area contributed by atoms with Crippen LogP contribution in [-0.2, 0) is 6.42 Å². The van der Waals surface area contributed by atoms with Crippen LogP contribution < -0.4 is 14.9 Å². The molecule has 0 fully saturated rings. The molecule has 3 aromatic carbocycles. The van der Waals surface area contributed by atoms with E-state index in [0.29, 0.717) is 14.9 Å². The number of halogens is 1. The monoisotopic (exact) mass is 454 g/mol. The first-order valence-corrected chi connectivity index (χ1v) is 11.6. The van der Waals surface area contributed by atoms with Gasteiger partial charge in [0.25, 0.3) is 5.56 Å². The van der Waals surface area contributed by atoms with Crippen molar-refractivity contribution in [2.75, 3.05) is 0 Å². The SMILES string of the molecule is O=c1c(=Cc2ccccc2O)sc2n1C(c1ccc(F)cc1)C1=C(N=2)c2ccccc2CC1. The van der Waals surface area contributed by atoms with E-state index in [1.54, 1.807) is 41.0 Å². The first kappa shape index (κ1) is 19.9. The molecule has 4 nitrogen and oxygen atoms in total. The summed E-state index contributed by atoms with van der Waals surface area (Å²) in [6.07, 6.45) is 3.35. The maximum Gasteiger partial charge on any atom is 0.271 e. The molecular weight excluding hydrogens is 435 g/mol. The highest BCUT2D eigenvalue weighted by molar-refractivity contribution is 7.07. The van der Waals surface area contributed by atoms with Gasteiger partial charge in [0.1, 0.15) is 11.6 Å². The summed E-state index contributed by atoms with van der Waals surface area (Å²) in [5, 5.41) is 10.2. The number of phenols is 1. The number of para-hydroxylation sites is 1. The molecule has 1 aromatic heterocycles. The number of rotatable bonds is 2. The Morgan fingerprint density at radius 2 is 1.76 bits per heavy atom. The molecule has 6 rings (SSSR count). The lowest BCUT2D eigenvalue weighted by Gasteiger charge is -2.30. The number of thiazole rings is 1. The first-order valence-electron chi connectivity index (χ1n) is 10.8. The molecule has 0 radical (unpaired) electrons. The first-order chi connectivity index (χ1) is 16.1. The zero-order chi connectivity index (χ0) is 22.5. The molecule has 1 aliphatic heterocycles. The Balaban J connectivity index is 1.64. The lowest BCUT2D eigenvalue weighted by atomic mass is 9.83. The number of hydrogen-bond acceptors (Lipinski definition) is 4. The second-order valence-corrected chi connectivity index (χ2v) is 9.23. The van der Waals surface area contributed by atoms with Crippen molar-refractivity contribution in [1.82, 2.24) is 4.57 Å². The van der Waals surface area contributed by atoms with Crippen LogP contribution in [0, 0.1) is 5.82 Å². The van der Waals surface area contributed by atoms with Gasteiger partial charge in [-0.3, -0.25) is 9.36 Å². The number of aryl methyl sites for hydroxylation is 1. The highest BCUT2D eigenvalue weighted by atomic mass is 32.1. The maximum absolute atomic E-state index is 13.7. The van der Waals surface area contributed by atoms with Crippen LogP contribution in [-0.4, -0.2) is 9.67 Å². The summed E-state index contributed by atoms with van der Waals surface area (Å²) in [6, 6.07) is 21.2. The van der Waals surface area contributed by atoms with Crippen LogP contribution in [0.5, 0.6) is 5.75 Å². The number of benzene rings is 3. The summed E-state index contributed by atoms with van der Waals surface area (Å²) in [6.45, 7) is 0. The molecule has 0 bridgehead atoms. The van der Waals surface area contributed by atoms with Crippen LogP contribution in [0.1, 0.15) is 34.7 Å². The number of hydrogen-bond donors (Lipinski definition) is 1. The molecule has 33 heavy (non-hydrogen) atoms. The van der Waals surface area contributed by atoms with Crippen molar-refractivity contribution in [3.63, 3.8) is 0 Å². The number of aromatic nitrogens is 1. The van der Waals surface area contributed by atoms with Gasteiger partial charge in [0.05, 0.1) is 16.3 Å². The van der Waals surface area contributed by atoms with E-state index >= 15 is 0 Å². The Hall–Kier alpha value is -3.77. The highest BCUT2D eigenvalue weighted by Crippen LogP contribution is 2.41. The average molecular weight is 455 g/mol. The number of phenolic OH excluding ortho intramolecular Hbond substituents is 1. The fourth-order valence-corrected chi connectivity index (χ4v) is 5.71. The molecule has 0 saturated carbocycles. The second-order valence-electron chi connectivity index (χ2n) is 8.22. The fourth-order valence-electron chi connectivity index (χ4n) is 4.72. The molecule has 1 atom stereocenters. The largest absolute Gasteiger partial charge is 0.507 e. The van der Waals surface area contributed by atoms with Crippen molar-refractivity contribution >= 4 is 23.1 Å². The van der Waals surface area contributed by atoms with E-state index < -0.39 is 0 Å². The minimum atomic E-state index is -0.350. The van der Waals surface area contributed by atoms with Gasteiger partial charge < -0.3 is 5.11 Å². The summed E-state index contributed by atoms with van der Waals surface area (Å²) in [7, 11) is 0. The lowest BCUT2D eigenvalue weighted by molar-refractivity contribution is 0.474. The van der Waals surface area contributed by atoms with Gasteiger partial charge in [0.15, 0.2) is 4.80 Å². The third-order valence-electron chi connectivity index (χ3n) is 6.28. The van der Waals surface area contributed by atoms with E-state index in [9.17, 15) is 14.3 Å². The molecule has 6 heteroatoms. The van der Waals surface area contributed by atoms with E-state index in [1.165, 1.54) is 29.0 Å². The van der Waals surface area contributed by atoms with E-state index in [4.69, 9.17) is 4.99 Å². The molecule has 0 spiro atoms. The second kappa shape index (κ2) is 7.67. The predicted molar refractivity (Wildman–Crippen MR) is 127 cm³/mol. The summed E-state index contributed by atoms with van der Waals surface area (Å²) in [5.74, 6) is -0.194. The lowest BCUT2D eigenvalue weighted by Crippen LogP contribution is -2.38. The number of fused-ring (bicyclic) bond motifs is 3. The molecule has 4 aromatic rings. The molecule has 0 amide bonds. The Morgan fingerprint density at radius 3 is 2.58 bits per heavy atom. The zero-order valence-electron chi connectivity index (χ0n) is 17.5. The van der Waals surface area contributed by atoms with E-state index in [1.807, 2.05) is 18.2 Å². The fraction of sp³-hybridized carbons (Fsp3) is 0.111. The quantitative estimate of drug-likeness (QED) is 0.495. The van der Waals surface area contributed by atoms with Crippen molar-refractivity contribution in [3.8, 4) is 5.75 Å². The van der Waals surface area contributed by atoms with Gasteiger partial charge in [-0.15, -0.1) is 0 Å². The van der Waals surface area contributed by atoms with Gasteiger partial charge in [-0.05, 0) is 53.8 Å². The molecular formula is C27H19FN2O2S. The molecule has 1 N–H and O–H groups in total. The van der Waals surface area contributed by atoms with Gasteiger partial charge in [0.2, 0.25) is 0 Å². The predicted octanol–water partition coefficient (Wildman–Crippen LogP) is 4.16. The van der Waals surface area contributed by atoms with Gasteiger partial charge in [-0.2, -0.15) is 0 Å². The van der Waals surface area contributed by atoms with Gasteiger partial charge in [0, 0.05) is 11.1 Å². The summed E-state index contributed by atoms with van der Waals surface area (Å²) < 4.78 is 15.9. The van der Waals surface area contributed by atoms with Crippen molar-refractivity contribution in [3.05, 3.63) is 126 Å². The molecule has 2 aliphatic rings. The Kier molecular flexibility index (Phi) is 4.62. The van der Waals surface area contributed by atoms with Crippen molar-refractivity contribution in [1.29, 1.82) is 0 Å². The molecule has 0 saturated heterocycles. The van der Waals surface area contributed by atoms with E-state index in [2.05, 4.69) is 12.1 Å². The third kappa shape index (κ3) is 3.26. The van der Waals surface area contributed by atoms with Gasteiger partial charge in [-0.1, -0.05) is 65.9 Å². The number of nitrogens with zero attached hydrogens (tertiary/aromatic N) is 2. The van der Waals surface area contributed by atoms with E-state index in [0.717, 1.165) is 35.2 Å². The Bertz CT molecular complexity index is 1610. The topological polar surface area (TPSA) is 54.6 Å². The smallest absolute Gasteiger partial charge is 0.271 e. The number of allylic oxidation sites excluding steroid dienone is 1.